The minimum absolute atomic E-state index is 0.116. The van der Waals surface area contributed by atoms with E-state index in [0.29, 0.717) is 18.6 Å². The van der Waals surface area contributed by atoms with Crippen LogP contribution in [0.15, 0.2) is 53.0 Å². The zero-order chi connectivity index (χ0) is 14.4. The first kappa shape index (κ1) is 14.8. The molecule has 0 saturated carbocycles. The molecule has 0 atom stereocenters. The van der Waals surface area contributed by atoms with Crippen LogP contribution in [-0.4, -0.2) is 12.4 Å². The SMILES string of the molecule is CCCOc1ccc(C(=O)Cc2cccc(Br)c2)cc1. The van der Waals surface area contributed by atoms with Crippen LogP contribution in [0.5, 0.6) is 5.75 Å². The molecule has 0 aliphatic rings. The lowest BCUT2D eigenvalue weighted by Gasteiger charge is -2.06. The second-order valence-corrected chi connectivity index (χ2v) is 5.52. The van der Waals surface area contributed by atoms with Crippen molar-refractivity contribution in [1.82, 2.24) is 0 Å². The van der Waals surface area contributed by atoms with Crippen molar-refractivity contribution in [2.24, 2.45) is 0 Å². The standard InChI is InChI=1S/C17H17BrO2/c1-2-10-20-16-8-6-14(7-9-16)17(19)12-13-4-3-5-15(18)11-13/h3-9,11H,2,10,12H2,1H3. The summed E-state index contributed by atoms with van der Waals surface area (Å²) in [6, 6.07) is 15.2. The van der Waals surface area contributed by atoms with E-state index in [0.717, 1.165) is 22.2 Å². The number of hydrogen-bond acceptors (Lipinski definition) is 2. The molecule has 0 unspecified atom stereocenters. The summed E-state index contributed by atoms with van der Waals surface area (Å²) in [6.45, 7) is 2.77. The summed E-state index contributed by atoms with van der Waals surface area (Å²) < 4.78 is 6.50. The summed E-state index contributed by atoms with van der Waals surface area (Å²) in [5.74, 6) is 0.927. The van der Waals surface area contributed by atoms with E-state index in [9.17, 15) is 4.79 Å². The summed E-state index contributed by atoms with van der Waals surface area (Å²) in [7, 11) is 0. The quantitative estimate of drug-likeness (QED) is 0.719. The van der Waals surface area contributed by atoms with Gasteiger partial charge in [0.05, 0.1) is 6.61 Å². The van der Waals surface area contributed by atoms with Crippen LogP contribution >= 0.6 is 15.9 Å². The third-order valence-electron chi connectivity index (χ3n) is 2.90. The van der Waals surface area contributed by atoms with Crippen LogP contribution in [0.2, 0.25) is 0 Å². The average Bonchev–Trinajstić information content (AvgIpc) is 2.45. The van der Waals surface area contributed by atoms with Gasteiger partial charge >= 0.3 is 0 Å². The van der Waals surface area contributed by atoms with Crippen LogP contribution in [-0.2, 0) is 6.42 Å². The molecule has 0 radical (unpaired) electrons. The Balaban J connectivity index is 2.02. The Morgan fingerprint density at radius 1 is 1.15 bits per heavy atom. The van der Waals surface area contributed by atoms with Gasteiger partial charge in [0.25, 0.3) is 0 Å². The van der Waals surface area contributed by atoms with E-state index in [4.69, 9.17) is 4.74 Å². The van der Waals surface area contributed by atoms with Crippen LogP contribution < -0.4 is 4.74 Å². The van der Waals surface area contributed by atoms with Crippen molar-refractivity contribution in [3.8, 4) is 5.75 Å². The normalized spacial score (nSPS) is 10.3. The highest BCUT2D eigenvalue weighted by Gasteiger charge is 2.07. The Bertz CT molecular complexity index is 576. The van der Waals surface area contributed by atoms with Gasteiger partial charge in [0.2, 0.25) is 0 Å². The molecule has 20 heavy (non-hydrogen) atoms. The molecular weight excluding hydrogens is 316 g/mol. The van der Waals surface area contributed by atoms with E-state index in [2.05, 4.69) is 22.9 Å². The van der Waals surface area contributed by atoms with Crippen molar-refractivity contribution in [3.63, 3.8) is 0 Å². The highest BCUT2D eigenvalue weighted by molar-refractivity contribution is 9.10. The van der Waals surface area contributed by atoms with E-state index >= 15 is 0 Å². The second kappa shape index (κ2) is 7.25. The molecular formula is C17H17BrO2. The van der Waals surface area contributed by atoms with Gasteiger partial charge in [-0.3, -0.25) is 4.79 Å². The van der Waals surface area contributed by atoms with Crippen molar-refractivity contribution in [3.05, 3.63) is 64.1 Å². The molecule has 0 amide bonds. The molecule has 0 bridgehead atoms. The van der Waals surface area contributed by atoms with Crippen molar-refractivity contribution >= 4 is 21.7 Å². The molecule has 0 fully saturated rings. The molecule has 0 N–H and O–H groups in total. The van der Waals surface area contributed by atoms with E-state index in [-0.39, 0.29) is 5.78 Å². The lowest BCUT2D eigenvalue weighted by molar-refractivity contribution is 0.0993. The van der Waals surface area contributed by atoms with E-state index in [1.165, 1.54) is 0 Å². The van der Waals surface area contributed by atoms with Crippen LogP contribution in [0, 0.1) is 0 Å². The molecule has 2 rings (SSSR count). The Hall–Kier alpha value is -1.61. The molecule has 3 heteroatoms. The maximum absolute atomic E-state index is 12.2. The highest BCUT2D eigenvalue weighted by atomic mass is 79.9. The second-order valence-electron chi connectivity index (χ2n) is 4.60. The molecule has 0 saturated heterocycles. The van der Waals surface area contributed by atoms with Gasteiger partial charge in [0.15, 0.2) is 5.78 Å². The highest BCUT2D eigenvalue weighted by Crippen LogP contribution is 2.16. The smallest absolute Gasteiger partial charge is 0.167 e. The van der Waals surface area contributed by atoms with Crippen LogP contribution in [0.3, 0.4) is 0 Å². The van der Waals surface area contributed by atoms with Crippen molar-refractivity contribution < 1.29 is 9.53 Å². The number of halogens is 1. The van der Waals surface area contributed by atoms with E-state index in [1.54, 1.807) is 0 Å². The molecule has 0 aliphatic heterocycles. The number of carbonyl (C=O) groups excluding carboxylic acids is 1. The van der Waals surface area contributed by atoms with Gasteiger partial charge in [-0.1, -0.05) is 35.0 Å². The van der Waals surface area contributed by atoms with Crippen molar-refractivity contribution in [2.75, 3.05) is 6.61 Å². The Morgan fingerprint density at radius 2 is 1.90 bits per heavy atom. The van der Waals surface area contributed by atoms with Crippen molar-refractivity contribution in [2.45, 2.75) is 19.8 Å². The minimum Gasteiger partial charge on any atom is -0.494 e. The molecule has 2 aromatic rings. The number of ketones is 1. The van der Waals surface area contributed by atoms with Gasteiger partial charge in [-0.15, -0.1) is 0 Å². The zero-order valence-electron chi connectivity index (χ0n) is 11.4. The van der Waals surface area contributed by atoms with Crippen LogP contribution in [0.1, 0.15) is 29.3 Å². The number of carbonyl (C=O) groups is 1. The van der Waals surface area contributed by atoms with Gasteiger partial charge < -0.3 is 4.74 Å². The first-order chi connectivity index (χ1) is 9.69. The molecule has 104 valence electrons. The molecule has 2 nitrogen and oxygen atoms in total. The maximum Gasteiger partial charge on any atom is 0.167 e. The van der Waals surface area contributed by atoms with Crippen LogP contribution in [0.4, 0.5) is 0 Å². The molecule has 2 aromatic carbocycles. The topological polar surface area (TPSA) is 26.3 Å². The van der Waals surface area contributed by atoms with E-state index < -0.39 is 0 Å². The van der Waals surface area contributed by atoms with E-state index in [1.807, 2.05) is 48.5 Å². The fourth-order valence-electron chi connectivity index (χ4n) is 1.89. The lowest BCUT2D eigenvalue weighted by atomic mass is 10.0. The first-order valence-electron chi connectivity index (χ1n) is 6.69. The number of hydrogen-bond donors (Lipinski definition) is 0. The summed E-state index contributed by atoms with van der Waals surface area (Å²) in [4.78, 5) is 12.2. The Morgan fingerprint density at radius 3 is 2.55 bits per heavy atom. The number of Topliss-reactive ketones (excluding diaryl/α,β-unsaturated/α-hetero) is 1. The van der Waals surface area contributed by atoms with Gasteiger partial charge in [-0.2, -0.15) is 0 Å². The summed E-state index contributed by atoms with van der Waals surface area (Å²) in [5, 5.41) is 0. The summed E-state index contributed by atoms with van der Waals surface area (Å²) >= 11 is 3.41. The predicted molar refractivity (Wildman–Crippen MR) is 84.4 cm³/mol. The minimum atomic E-state index is 0.116. The van der Waals surface area contributed by atoms with Gasteiger partial charge in [0, 0.05) is 16.5 Å². The maximum atomic E-state index is 12.2. The summed E-state index contributed by atoms with van der Waals surface area (Å²) in [5.41, 5.74) is 1.73. The predicted octanol–water partition coefficient (Wildman–Crippen LogP) is 4.66. The third kappa shape index (κ3) is 4.20. The third-order valence-corrected chi connectivity index (χ3v) is 3.40. The van der Waals surface area contributed by atoms with Gasteiger partial charge in [0.1, 0.15) is 5.75 Å². The lowest BCUT2D eigenvalue weighted by Crippen LogP contribution is -2.03. The number of benzene rings is 2. The fraction of sp³-hybridized carbons (Fsp3) is 0.235. The largest absolute Gasteiger partial charge is 0.494 e. The molecule has 0 spiro atoms. The Kier molecular flexibility index (Phi) is 5.36. The number of ether oxygens (including phenoxy) is 1. The average molecular weight is 333 g/mol. The van der Waals surface area contributed by atoms with Gasteiger partial charge in [-0.05, 0) is 48.4 Å². The zero-order valence-corrected chi connectivity index (χ0v) is 13.0. The molecule has 0 aromatic heterocycles. The monoisotopic (exact) mass is 332 g/mol. The van der Waals surface area contributed by atoms with Gasteiger partial charge in [-0.25, -0.2) is 0 Å². The fourth-order valence-corrected chi connectivity index (χ4v) is 2.34. The first-order valence-corrected chi connectivity index (χ1v) is 7.49. The van der Waals surface area contributed by atoms with Crippen LogP contribution in [0.25, 0.3) is 0 Å². The summed E-state index contributed by atoms with van der Waals surface area (Å²) in [6.07, 6.45) is 1.39. The molecule has 0 aliphatic carbocycles. The Labute approximate surface area is 127 Å². The number of rotatable bonds is 6. The van der Waals surface area contributed by atoms with Crippen molar-refractivity contribution in [1.29, 1.82) is 0 Å². The molecule has 0 heterocycles.